The largest absolute Gasteiger partial charge is 0.296 e. The van der Waals surface area contributed by atoms with Gasteiger partial charge in [0.25, 0.3) is 5.91 Å². The van der Waals surface area contributed by atoms with Gasteiger partial charge in [-0.15, -0.1) is 10.2 Å². The smallest absolute Gasteiger partial charge is 0.260 e. The highest BCUT2D eigenvalue weighted by molar-refractivity contribution is 7.15. The van der Waals surface area contributed by atoms with Crippen molar-refractivity contribution in [3.05, 3.63) is 58.9 Å². The number of anilines is 1. The summed E-state index contributed by atoms with van der Waals surface area (Å²) in [7, 11) is 0. The topological polar surface area (TPSA) is 72.7 Å². The number of nitrogens with one attached hydrogen (secondary N) is 1. The monoisotopic (exact) mass is 325 g/mol. The van der Waals surface area contributed by atoms with E-state index in [4.69, 9.17) is 0 Å². The van der Waals surface area contributed by atoms with Crippen LogP contribution in [-0.4, -0.2) is 25.9 Å². The third kappa shape index (κ3) is 3.29. The number of carbonyl (C=O) groups excluding carboxylic acids is 1. The molecule has 116 valence electrons. The molecule has 7 heteroatoms. The van der Waals surface area contributed by atoms with Crippen LogP contribution in [0.1, 0.15) is 39.7 Å². The molecule has 4 rings (SSSR count). The minimum atomic E-state index is -0.206. The van der Waals surface area contributed by atoms with Crippen LogP contribution in [0.5, 0.6) is 0 Å². The van der Waals surface area contributed by atoms with E-state index in [2.05, 4.69) is 20.6 Å². The van der Waals surface area contributed by atoms with E-state index in [1.807, 2.05) is 30.3 Å². The molecule has 1 aromatic carbocycles. The van der Waals surface area contributed by atoms with Gasteiger partial charge >= 0.3 is 0 Å². The number of hydrogen-bond acceptors (Lipinski definition) is 5. The summed E-state index contributed by atoms with van der Waals surface area (Å²) < 4.78 is 1.75. The van der Waals surface area contributed by atoms with E-state index in [0.717, 1.165) is 10.6 Å². The molecule has 3 aromatic rings. The zero-order valence-electron chi connectivity index (χ0n) is 12.3. The third-order valence-corrected chi connectivity index (χ3v) is 4.67. The average molecular weight is 325 g/mol. The molecule has 1 N–H and O–H groups in total. The summed E-state index contributed by atoms with van der Waals surface area (Å²) in [6.45, 7) is 0.638. The first kappa shape index (κ1) is 14.1. The Hall–Kier alpha value is -2.54. The van der Waals surface area contributed by atoms with Gasteiger partial charge < -0.3 is 0 Å². The molecule has 1 aliphatic carbocycles. The molecule has 0 atom stereocenters. The van der Waals surface area contributed by atoms with Crippen molar-refractivity contribution in [1.82, 2.24) is 20.0 Å². The molecular formula is C16H15N5OS. The molecule has 2 heterocycles. The number of carbonyl (C=O) groups is 1. The van der Waals surface area contributed by atoms with Crippen molar-refractivity contribution in [2.45, 2.75) is 25.3 Å². The van der Waals surface area contributed by atoms with Crippen molar-refractivity contribution in [2.24, 2.45) is 0 Å². The van der Waals surface area contributed by atoms with E-state index >= 15 is 0 Å². The maximum atomic E-state index is 12.2. The highest BCUT2D eigenvalue weighted by Crippen LogP contribution is 2.42. The first-order valence-corrected chi connectivity index (χ1v) is 8.31. The lowest BCUT2D eigenvalue weighted by Gasteiger charge is -2.00. The fourth-order valence-corrected chi connectivity index (χ4v) is 3.19. The Morgan fingerprint density at radius 1 is 1.26 bits per heavy atom. The van der Waals surface area contributed by atoms with Gasteiger partial charge in [0.15, 0.2) is 0 Å². The van der Waals surface area contributed by atoms with E-state index in [0.29, 0.717) is 23.2 Å². The Bertz CT molecular complexity index is 822. The zero-order chi connectivity index (χ0) is 15.6. The number of rotatable bonds is 5. The van der Waals surface area contributed by atoms with E-state index in [9.17, 15) is 4.79 Å². The van der Waals surface area contributed by atoms with Gasteiger partial charge in [0.05, 0.1) is 18.3 Å². The molecule has 1 amide bonds. The van der Waals surface area contributed by atoms with Gasteiger partial charge in [-0.2, -0.15) is 5.10 Å². The molecule has 0 aliphatic heterocycles. The predicted molar refractivity (Wildman–Crippen MR) is 87.6 cm³/mol. The summed E-state index contributed by atoms with van der Waals surface area (Å²) in [5.74, 6) is 0.342. The number of amides is 1. The summed E-state index contributed by atoms with van der Waals surface area (Å²) >= 11 is 1.45. The van der Waals surface area contributed by atoms with Crippen LogP contribution in [0.2, 0.25) is 0 Å². The number of hydrogen-bond donors (Lipinski definition) is 1. The lowest BCUT2D eigenvalue weighted by molar-refractivity contribution is 0.102. The van der Waals surface area contributed by atoms with Gasteiger partial charge in [0.2, 0.25) is 5.13 Å². The van der Waals surface area contributed by atoms with Crippen LogP contribution in [0, 0.1) is 0 Å². The normalized spacial score (nSPS) is 13.9. The summed E-state index contributed by atoms with van der Waals surface area (Å²) in [5.41, 5.74) is 1.66. The second-order valence-corrected chi connectivity index (χ2v) is 6.60. The van der Waals surface area contributed by atoms with Gasteiger partial charge in [-0.3, -0.25) is 14.8 Å². The van der Waals surface area contributed by atoms with Gasteiger partial charge in [0, 0.05) is 12.1 Å². The van der Waals surface area contributed by atoms with E-state index in [-0.39, 0.29) is 5.91 Å². The van der Waals surface area contributed by atoms with Crippen LogP contribution in [0.25, 0.3) is 0 Å². The maximum absolute atomic E-state index is 12.2. The van der Waals surface area contributed by atoms with Gasteiger partial charge in [-0.05, 0) is 18.4 Å². The molecule has 1 saturated carbocycles. The lowest BCUT2D eigenvalue weighted by Crippen LogP contribution is -2.11. The van der Waals surface area contributed by atoms with Crippen LogP contribution in [-0.2, 0) is 6.54 Å². The molecule has 0 spiro atoms. The Balaban J connectivity index is 1.42. The third-order valence-electron chi connectivity index (χ3n) is 3.67. The van der Waals surface area contributed by atoms with Crippen LogP contribution in [0.3, 0.4) is 0 Å². The van der Waals surface area contributed by atoms with E-state index in [1.54, 1.807) is 17.1 Å². The predicted octanol–water partition coefficient (Wildman–Crippen LogP) is 2.91. The standard InChI is InChI=1S/C16H15N5OS/c22-14(18-16-20-19-15(23-16)12-6-7-12)13-8-17-21(10-13)9-11-4-2-1-3-5-11/h1-5,8,10,12H,6-7,9H2,(H,18,20,22). The summed E-state index contributed by atoms with van der Waals surface area (Å²) in [4.78, 5) is 12.2. The SMILES string of the molecule is O=C(Nc1nnc(C2CC2)s1)c1cnn(Cc2ccccc2)c1. The lowest BCUT2D eigenvalue weighted by atomic mass is 10.2. The number of aromatic nitrogens is 4. The minimum Gasteiger partial charge on any atom is -0.296 e. The molecule has 0 bridgehead atoms. The van der Waals surface area contributed by atoms with Crippen molar-refractivity contribution in [2.75, 3.05) is 5.32 Å². The molecular weight excluding hydrogens is 310 g/mol. The Morgan fingerprint density at radius 2 is 2.09 bits per heavy atom. The molecule has 1 fully saturated rings. The van der Waals surface area contributed by atoms with E-state index in [1.165, 1.54) is 24.2 Å². The Labute approximate surface area is 137 Å². The molecule has 23 heavy (non-hydrogen) atoms. The number of benzene rings is 1. The summed E-state index contributed by atoms with van der Waals surface area (Å²) in [5, 5.41) is 16.7. The highest BCUT2D eigenvalue weighted by Gasteiger charge is 2.27. The molecule has 6 nitrogen and oxygen atoms in total. The van der Waals surface area contributed by atoms with Gasteiger partial charge in [-0.25, -0.2) is 0 Å². The fraction of sp³-hybridized carbons (Fsp3) is 0.250. The second kappa shape index (κ2) is 5.92. The van der Waals surface area contributed by atoms with Crippen LogP contribution >= 0.6 is 11.3 Å². The highest BCUT2D eigenvalue weighted by atomic mass is 32.1. The molecule has 0 unspecified atom stereocenters. The first-order valence-electron chi connectivity index (χ1n) is 7.49. The first-order chi connectivity index (χ1) is 11.3. The molecule has 0 saturated heterocycles. The molecule has 2 aromatic heterocycles. The van der Waals surface area contributed by atoms with Crippen molar-refractivity contribution < 1.29 is 4.79 Å². The second-order valence-electron chi connectivity index (χ2n) is 5.59. The number of nitrogens with zero attached hydrogens (tertiary/aromatic N) is 4. The van der Waals surface area contributed by atoms with E-state index < -0.39 is 0 Å². The Kier molecular flexibility index (Phi) is 3.63. The summed E-state index contributed by atoms with van der Waals surface area (Å²) in [6, 6.07) is 10.0. The van der Waals surface area contributed by atoms with Crippen molar-refractivity contribution in [3.63, 3.8) is 0 Å². The van der Waals surface area contributed by atoms with Gasteiger partial charge in [-0.1, -0.05) is 41.7 Å². The zero-order valence-corrected chi connectivity index (χ0v) is 13.2. The average Bonchev–Trinajstić information content (AvgIpc) is 3.13. The van der Waals surface area contributed by atoms with Crippen LogP contribution < -0.4 is 5.32 Å². The van der Waals surface area contributed by atoms with Crippen LogP contribution in [0.4, 0.5) is 5.13 Å². The summed E-state index contributed by atoms with van der Waals surface area (Å²) in [6.07, 6.45) is 5.66. The quantitative estimate of drug-likeness (QED) is 0.783. The minimum absolute atomic E-state index is 0.206. The van der Waals surface area contributed by atoms with Crippen molar-refractivity contribution in [3.8, 4) is 0 Å². The fourth-order valence-electron chi connectivity index (χ4n) is 2.29. The van der Waals surface area contributed by atoms with Crippen molar-refractivity contribution in [1.29, 1.82) is 0 Å². The maximum Gasteiger partial charge on any atom is 0.260 e. The van der Waals surface area contributed by atoms with Crippen LogP contribution in [0.15, 0.2) is 42.7 Å². The molecule has 1 aliphatic rings. The molecule has 0 radical (unpaired) electrons. The van der Waals surface area contributed by atoms with Crippen molar-refractivity contribution >= 4 is 22.4 Å². The Morgan fingerprint density at radius 3 is 2.87 bits per heavy atom. The van der Waals surface area contributed by atoms with Gasteiger partial charge in [0.1, 0.15) is 5.01 Å².